The lowest BCUT2D eigenvalue weighted by Crippen LogP contribution is -2.37. The van der Waals surface area contributed by atoms with Gasteiger partial charge in [-0.1, -0.05) is 41.4 Å². The lowest BCUT2D eigenvalue weighted by atomic mass is 10.1. The van der Waals surface area contributed by atoms with Gasteiger partial charge >= 0.3 is 4.04 Å². The first-order valence-corrected chi connectivity index (χ1v) is 5.36. The molecule has 0 heterocycles. The molecule has 5 heteroatoms. The predicted octanol–water partition coefficient (Wildman–Crippen LogP) is 4.02. The summed E-state index contributed by atoms with van der Waals surface area (Å²) in [5, 5.41) is 0. The standard InChI is InChI=1S/C10H10BrClF2O/c1-7-3-5-8(6-4-7)9(13,15-2)10(11,12)14/h3-6H,1-2H3. The molecule has 84 valence electrons. The van der Waals surface area contributed by atoms with Gasteiger partial charge in [-0.25, -0.2) is 8.78 Å². The highest BCUT2D eigenvalue weighted by Crippen LogP contribution is 2.47. The Labute approximate surface area is 101 Å². The highest BCUT2D eigenvalue weighted by atomic mass is 79.9. The zero-order chi connectivity index (χ0) is 11.7. The molecule has 0 spiro atoms. The van der Waals surface area contributed by atoms with Crippen LogP contribution in [-0.2, 0) is 10.6 Å². The smallest absolute Gasteiger partial charge is 0.300 e. The van der Waals surface area contributed by atoms with Crippen LogP contribution in [0.25, 0.3) is 0 Å². The van der Waals surface area contributed by atoms with Crippen molar-refractivity contribution in [3.05, 3.63) is 35.4 Å². The van der Waals surface area contributed by atoms with Crippen molar-refractivity contribution in [2.75, 3.05) is 7.11 Å². The van der Waals surface area contributed by atoms with Crippen molar-refractivity contribution in [1.29, 1.82) is 0 Å². The van der Waals surface area contributed by atoms with Gasteiger partial charge < -0.3 is 4.74 Å². The SMILES string of the molecule is COC(F)(c1ccc(C)cc1)C(F)(Cl)Br. The Morgan fingerprint density at radius 1 is 1.27 bits per heavy atom. The molecule has 1 nitrogen and oxygen atoms in total. The number of ether oxygens (including phenoxy) is 1. The molecule has 0 radical (unpaired) electrons. The van der Waals surface area contributed by atoms with Crippen molar-refractivity contribution in [1.82, 2.24) is 0 Å². The predicted molar refractivity (Wildman–Crippen MR) is 59.6 cm³/mol. The van der Waals surface area contributed by atoms with Crippen molar-refractivity contribution < 1.29 is 13.5 Å². The molecule has 1 rings (SSSR count). The molecule has 0 amide bonds. The normalized spacial score (nSPS) is 19.3. The highest BCUT2D eigenvalue weighted by molar-refractivity contribution is 9.10. The maximum absolute atomic E-state index is 14.1. The molecule has 0 aliphatic rings. The van der Waals surface area contributed by atoms with Crippen LogP contribution in [0.2, 0.25) is 0 Å². The van der Waals surface area contributed by atoms with Crippen molar-refractivity contribution in [3.8, 4) is 0 Å². The molecular weight excluding hydrogens is 289 g/mol. The topological polar surface area (TPSA) is 9.23 Å². The molecule has 0 N–H and O–H groups in total. The number of benzene rings is 1. The molecule has 2 atom stereocenters. The van der Waals surface area contributed by atoms with Gasteiger partial charge in [-0.15, -0.1) is 0 Å². The summed E-state index contributed by atoms with van der Waals surface area (Å²) in [6, 6.07) is 6.16. The monoisotopic (exact) mass is 298 g/mol. The Hall–Kier alpha value is -0.190. The first-order valence-electron chi connectivity index (χ1n) is 4.19. The molecule has 1 aromatic carbocycles. The lowest BCUT2D eigenvalue weighted by Gasteiger charge is -2.29. The number of halogens is 4. The van der Waals surface area contributed by atoms with Crippen LogP contribution in [0.1, 0.15) is 11.1 Å². The van der Waals surface area contributed by atoms with E-state index in [0.29, 0.717) is 0 Å². The first-order chi connectivity index (χ1) is 6.81. The zero-order valence-corrected chi connectivity index (χ0v) is 10.6. The second-order valence-corrected chi connectivity index (χ2v) is 5.23. The van der Waals surface area contributed by atoms with E-state index in [9.17, 15) is 8.78 Å². The summed E-state index contributed by atoms with van der Waals surface area (Å²) in [4.78, 5) is 0. The van der Waals surface area contributed by atoms with Crippen LogP contribution in [0, 0.1) is 6.92 Å². The third-order valence-corrected chi connectivity index (χ3v) is 2.82. The van der Waals surface area contributed by atoms with Crippen molar-refractivity contribution in [2.24, 2.45) is 0 Å². The molecule has 0 saturated heterocycles. The van der Waals surface area contributed by atoms with Gasteiger partial charge in [0.1, 0.15) is 0 Å². The average molecular weight is 300 g/mol. The van der Waals surface area contributed by atoms with E-state index >= 15 is 0 Å². The molecule has 0 bridgehead atoms. The zero-order valence-electron chi connectivity index (χ0n) is 8.23. The average Bonchev–Trinajstić information content (AvgIpc) is 2.16. The van der Waals surface area contributed by atoms with Gasteiger partial charge in [0.25, 0.3) is 5.85 Å². The maximum Gasteiger partial charge on any atom is 0.300 e. The second kappa shape index (κ2) is 4.36. The summed E-state index contributed by atoms with van der Waals surface area (Å²) in [5.74, 6) is -2.72. The summed E-state index contributed by atoms with van der Waals surface area (Å²) in [6.45, 7) is 1.84. The maximum atomic E-state index is 14.1. The van der Waals surface area contributed by atoms with E-state index in [-0.39, 0.29) is 5.56 Å². The van der Waals surface area contributed by atoms with Crippen molar-refractivity contribution in [2.45, 2.75) is 16.8 Å². The van der Waals surface area contributed by atoms with E-state index in [2.05, 4.69) is 20.7 Å². The molecular formula is C10H10BrClF2O. The molecule has 0 aromatic heterocycles. The van der Waals surface area contributed by atoms with Gasteiger partial charge in [0.15, 0.2) is 0 Å². The van der Waals surface area contributed by atoms with Crippen LogP contribution in [0.4, 0.5) is 8.78 Å². The Bertz CT molecular complexity index is 336. The lowest BCUT2D eigenvalue weighted by molar-refractivity contribution is -0.163. The number of hydrogen-bond donors (Lipinski definition) is 0. The number of rotatable bonds is 3. The van der Waals surface area contributed by atoms with E-state index in [0.717, 1.165) is 12.7 Å². The van der Waals surface area contributed by atoms with Crippen LogP contribution in [-0.4, -0.2) is 11.1 Å². The second-order valence-electron chi connectivity index (χ2n) is 3.16. The van der Waals surface area contributed by atoms with Gasteiger partial charge in [0.05, 0.1) is 0 Å². The van der Waals surface area contributed by atoms with Gasteiger partial charge in [-0.2, -0.15) is 0 Å². The molecule has 0 aliphatic heterocycles. The quantitative estimate of drug-likeness (QED) is 0.766. The summed E-state index contributed by atoms with van der Waals surface area (Å²) < 4.78 is 29.2. The molecule has 15 heavy (non-hydrogen) atoms. The van der Waals surface area contributed by atoms with Crippen LogP contribution in [0.3, 0.4) is 0 Å². The summed E-state index contributed by atoms with van der Waals surface area (Å²) in [6.07, 6.45) is 0. The summed E-state index contributed by atoms with van der Waals surface area (Å²) in [7, 11) is 1.05. The minimum Gasteiger partial charge on any atom is -0.341 e. The number of methoxy groups -OCH3 is 1. The Morgan fingerprint density at radius 2 is 1.73 bits per heavy atom. The van der Waals surface area contributed by atoms with Gasteiger partial charge in [0, 0.05) is 12.7 Å². The summed E-state index contributed by atoms with van der Waals surface area (Å²) >= 11 is 7.68. The molecule has 0 fully saturated rings. The number of aryl methyl sites for hydroxylation is 1. The van der Waals surface area contributed by atoms with E-state index in [1.54, 1.807) is 12.1 Å². The third kappa shape index (κ3) is 2.49. The minimum atomic E-state index is -2.80. The Kier molecular flexibility index (Phi) is 3.74. The molecule has 2 unspecified atom stereocenters. The van der Waals surface area contributed by atoms with E-state index in [4.69, 9.17) is 11.6 Å². The number of alkyl halides is 4. The summed E-state index contributed by atoms with van der Waals surface area (Å²) in [5.41, 5.74) is 0.954. The van der Waals surface area contributed by atoms with Crippen LogP contribution in [0.15, 0.2) is 24.3 Å². The van der Waals surface area contributed by atoms with E-state index in [1.807, 2.05) is 6.92 Å². The third-order valence-electron chi connectivity index (χ3n) is 2.07. The highest BCUT2D eigenvalue weighted by Gasteiger charge is 2.53. The minimum absolute atomic E-state index is 0.0185. The van der Waals surface area contributed by atoms with Crippen LogP contribution in [0.5, 0.6) is 0 Å². The Balaban J connectivity index is 3.18. The molecule has 1 aromatic rings. The first kappa shape index (κ1) is 12.9. The van der Waals surface area contributed by atoms with Crippen molar-refractivity contribution in [3.63, 3.8) is 0 Å². The van der Waals surface area contributed by atoms with Gasteiger partial charge in [0.2, 0.25) is 0 Å². The molecule has 0 aliphatic carbocycles. The fourth-order valence-electron chi connectivity index (χ4n) is 1.17. The van der Waals surface area contributed by atoms with E-state index < -0.39 is 9.89 Å². The van der Waals surface area contributed by atoms with Gasteiger partial charge in [-0.3, -0.25) is 0 Å². The van der Waals surface area contributed by atoms with Crippen LogP contribution < -0.4 is 0 Å². The fraction of sp³-hybridized carbons (Fsp3) is 0.400. The van der Waals surface area contributed by atoms with Gasteiger partial charge in [-0.05, 0) is 22.9 Å². The van der Waals surface area contributed by atoms with Crippen LogP contribution >= 0.6 is 27.5 Å². The van der Waals surface area contributed by atoms with Crippen molar-refractivity contribution >= 4 is 27.5 Å². The van der Waals surface area contributed by atoms with E-state index in [1.165, 1.54) is 12.1 Å². The largest absolute Gasteiger partial charge is 0.341 e. The number of hydrogen-bond acceptors (Lipinski definition) is 1. The molecule has 0 saturated carbocycles. The fourth-order valence-corrected chi connectivity index (χ4v) is 1.74. The Morgan fingerprint density at radius 3 is 2.07 bits per heavy atom.